The average molecular weight is 310 g/mol. The Bertz CT molecular complexity index is 529. The largest absolute Gasteiger partial charge is 0.367 e. The number of hydrogen-bond donors (Lipinski definition) is 0. The molecular weight excluding hydrogens is 296 g/mol. The van der Waals surface area contributed by atoms with E-state index in [0.29, 0.717) is 18.5 Å². The molecule has 1 aromatic carbocycles. The van der Waals surface area contributed by atoms with E-state index in [0.717, 1.165) is 18.5 Å². The zero-order valence-corrected chi connectivity index (χ0v) is 11.7. The van der Waals surface area contributed by atoms with Crippen LogP contribution < -0.4 is 4.90 Å². The Morgan fingerprint density at radius 1 is 1.26 bits per heavy atom. The molecule has 0 radical (unpaired) electrons. The maximum atomic E-state index is 12.4. The maximum Gasteiger partial charge on any atom is 0.341 e. The second kappa shape index (κ2) is 5.63. The van der Waals surface area contributed by atoms with Crippen molar-refractivity contribution in [2.45, 2.75) is 29.5 Å². The summed E-state index contributed by atoms with van der Waals surface area (Å²) in [6.45, 7) is 0.660. The molecule has 1 aliphatic rings. The summed E-state index contributed by atoms with van der Waals surface area (Å²) in [5.74, 6) is -2.92. The Morgan fingerprint density at radius 3 is 2.26 bits per heavy atom. The van der Waals surface area contributed by atoms with E-state index in [1.54, 1.807) is 12.1 Å². The highest BCUT2D eigenvalue weighted by Gasteiger charge is 2.30. The lowest BCUT2D eigenvalue weighted by molar-refractivity contribution is 0.234. The maximum absolute atomic E-state index is 12.4. The summed E-state index contributed by atoms with van der Waals surface area (Å²) in [7, 11) is -4.51. The van der Waals surface area contributed by atoms with Crippen molar-refractivity contribution in [2.24, 2.45) is 0 Å². The fourth-order valence-corrected chi connectivity index (χ4v) is 2.83. The van der Waals surface area contributed by atoms with Crippen molar-refractivity contribution >= 4 is 27.1 Å². The summed E-state index contributed by atoms with van der Waals surface area (Å²) >= 11 is 5.73. The second-order valence-corrected chi connectivity index (χ2v) is 6.71. The first-order valence-corrected chi connectivity index (χ1v) is 7.99. The molecule has 7 heteroatoms. The van der Waals surface area contributed by atoms with Crippen molar-refractivity contribution in [1.82, 2.24) is 0 Å². The van der Waals surface area contributed by atoms with Crippen LogP contribution in [0.1, 0.15) is 12.8 Å². The topological polar surface area (TPSA) is 37.4 Å². The predicted molar refractivity (Wildman–Crippen MR) is 70.7 cm³/mol. The third kappa shape index (κ3) is 3.17. The van der Waals surface area contributed by atoms with Gasteiger partial charge in [-0.1, -0.05) is 0 Å². The van der Waals surface area contributed by atoms with Gasteiger partial charge in [-0.05, 0) is 37.1 Å². The highest BCUT2D eigenvalue weighted by atomic mass is 35.5. The SMILES string of the molecule is O=S(=O)(c1ccc(N(CCCl)C2CC2)cc1)C(F)F. The number of nitrogens with zero attached hydrogens (tertiary/aromatic N) is 1. The van der Waals surface area contributed by atoms with Crippen molar-refractivity contribution in [2.75, 3.05) is 17.3 Å². The summed E-state index contributed by atoms with van der Waals surface area (Å²) in [4.78, 5) is 1.72. The minimum atomic E-state index is -4.51. The molecule has 3 nitrogen and oxygen atoms in total. The van der Waals surface area contributed by atoms with Gasteiger partial charge in [-0.15, -0.1) is 11.6 Å². The third-order valence-electron chi connectivity index (χ3n) is 3.04. The summed E-state index contributed by atoms with van der Waals surface area (Å²) in [6.07, 6.45) is 2.15. The van der Waals surface area contributed by atoms with Gasteiger partial charge in [0, 0.05) is 24.2 Å². The predicted octanol–water partition coefficient (Wildman–Crippen LogP) is 2.89. The van der Waals surface area contributed by atoms with Crippen molar-refractivity contribution in [3.8, 4) is 0 Å². The lowest BCUT2D eigenvalue weighted by atomic mass is 10.3. The van der Waals surface area contributed by atoms with Gasteiger partial charge in [0.25, 0.3) is 0 Å². The van der Waals surface area contributed by atoms with E-state index in [9.17, 15) is 17.2 Å². The molecule has 106 valence electrons. The van der Waals surface area contributed by atoms with E-state index < -0.39 is 15.6 Å². The van der Waals surface area contributed by atoms with E-state index in [1.165, 1.54) is 12.1 Å². The van der Waals surface area contributed by atoms with Crippen LogP contribution in [-0.4, -0.2) is 32.6 Å². The monoisotopic (exact) mass is 309 g/mol. The van der Waals surface area contributed by atoms with Crippen LogP contribution >= 0.6 is 11.6 Å². The fourth-order valence-electron chi connectivity index (χ4n) is 1.93. The number of hydrogen-bond acceptors (Lipinski definition) is 3. The number of sulfone groups is 1. The van der Waals surface area contributed by atoms with E-state index in [1.807, 2.05) is 0 Å². The molecule has 0 unspecified atom stereocenters. The molecule has 0 amide bonds. The van der Waals surface area contributed by atoms with Gasteiger partial charge in [0.15, 0.2) is 0 Å². The van der Waals surface area contributed by atoms with Crippen LogP contribution in [0.4, 0.5) is 14.5 Å². The molecule has 1 aromatic rings. The molecule has 0 aliphatic heterocycles. The van der Waals surface area contributed by atoms with E-state index in [2.05, 4.69) is 4.90 Å². The van der Waals surface area contributed by atoms with Crippen LogP contribution in [-0.2, 0) is 9.84 Å². The Balaban J connectivity index is 2.22. The van der Waals surface area contributed by atoms with Crippen LogP contribution in [0.5, 0.6) is 0 Å². The molecule has 0 atom stereocenters. The Kier molecular flexibility index (Phi) is 4.30. The number of halogens is 3. The molecule has 0 heterocycles. The van der Waals surface area contributed by atoms with Gasteiger partial charge in [0.05, 0.1) is 4.90 Å². The quantitative estimate of drug-likeness (QED) is 0.758. The lowest BCUT2D eigenvalue weighted by Crippen LogP contribution is -2.27. The Hall–Kier alpha value is -0.880. The van der Waals surface area contributed by atoms with Crippen molar-refractivity contribution < 1.29 is 17.2 Å². The van der Waals surface area contributed by atoms with Crippen LogP contribution in [0.3, 0.4) is 0 Å². The van der Waals surface area contributed by atoms with Gasteiger partial charge in [-0.2, -0.15) is 8.78 Å². The summed E-state index contributed by atoms with van der Waals surface area (Å²) in [5, 5.41) is 0. The molecule has 0 aromatic heterocycles. The number of benzene rings is 1. The fraction of sp³-hybridized carbons (Fsp3) is 0.500. The van der Waals surface area contributed by atoms with Crippen LogP contribution in [0, 0.1) is 0 Å². The van der Waals surface area contributed by atoms with Gasteiger partial charge >= 0.3 is 5.76 Å². The minimum absolute atomic E-state index is 0.354. The first kappa shape index (κ1) is 14.5. The Morgan fingerprint density at radius 2 is 1.84 bits per heavy atom. The van der Waals surface area contributed by atoms with E-state index in [4.69, 9.17) is 11.6 Å². The van der Waals surface area contributed by atoms with Crippen molar-refractivity contribution in [1.29, 1.82) is 0 Å². The molecule has 2 rings (SSSR count). The third-order valence-corrected chi connectivity index (χ3v) is 4.61. The summed E-state index contributed by atoms with van der Waals surface area (Å²) in [6, 6.07) is 5.98. The second-order valence-electron chi connectivity index (χ2n) is 4.41. The molecule has 0 saturated heterocycles. The lowest BCUT2D eigenvalue weighted by Gasteiger charge is -2.23. The molecule has 1 aliphatic carbocycles. The summed E-state index contributed by atoms with van der Waals surface area (Å²) < 4.78 is 47.4. The minimum Gasteiger partial charge on any atom is -0.367 e. The molecule has 1 saturated carbocycles. The molecular formula is C12H14ClF2NO2S. The number of anilines is 1. The first-order chi connectivity index (χ1) is 8.96. The highest BCUT2D eigenvalue weighted by molar-refractivity contribution is 7.91. The van der Waals surface area contributed by atoms with Gasteiger partial charge < -0.3 is 4.90 Å². The number of rotatable bonds is 6. The van der Waals surface area contributed by atoms with Crippen molar-refractivity contribution in [3.05, 3.63) is 24.3 Å². The van der Waals surface area contributed by atoms with Gasteiger partial charge in [0.2, 0.25) is 9.84 Å². The van der Waals surface area contributed by atoms with Gasteiger partial charge in [-0.25, -0.2) is 8.42 Å². The van der Waals surface area contributed by atoms with Gasteiger partial charge in [-0.3, -0.25) is 0 Å². The standard InChI is InChI=1S/C12H14ClF2NO2S/c13-7-8-16(9-1-2-9)10-3-5-11(6-4-10)19(17,18)12(14)15/h3-6,9,12H,1-2,7-8H2. The molecule has 0 N–H and O–H groups in total. The van der Waals surface area contributed by atoms with Crippen LogP contribution in [0.2, 0.25) is 0 Å². The highest BCUT2D eigenvalue weighted by Crippen LogP contribution is 2.32. The molecule has 0 bridgehead atoms. The zero-order valence-electron chi connectivity index (χ0n) is 10.1. The first-order valence-electron chi connectivity index (χ1n) is 5.91. The van der Waals surface area contributed by atoms with E-state index >= 15 is 0 Å². The molecule has 0 spiro atoms. The summed E-state index contributed by atoms with van der Waals surface area (Å²) in [5.41, 5.74) is 0.816. The smallest absolute Gasteiger partial charge is 0.341 e. The number of alkyl halides is 3. The average Bonchev–Trinajstić information content (AvgIpc) is 3.20. The molecule has 1 fully saturated rings. The van der Waals surface area contributed by atoms with Gasteiger partial charge in [0.1, 0.15) is 0 Å². The molecule has 19 heavy (non-hydrogen) atoms. The van der Waals surface area contributed by atoms with Crippen LogP contribution in [0.15, 0.2) is 29.2 Å². The zero-order chi connectivity index (χ0) is 14.0. The van der Waals surface area contributed by atoms with Crippen molar-refractivity contribution in [3.63, 3.8) is 0 Å². The Labute approximate surface area is 116 Å². The van der Waals surface area contributed by atoms with E-state index in [-0.39, 0.29) is 4.90 Å². The normalized spacial score (nSPS) is 15.8. The van der Waals surface area contributed by atoms with Crippen LogP contribution in [0.25, 0.3) is 0 Å².